The van der Waals surface area contributed by atoms with Gasteiger partial charge >= 0.3 is 5.97 Å². The molecular formula is C14H12O3. The number of ether oxygens (including phenoxy) is 1. The number of carbonyl (C=O) groups is 2. The standard InChI is InChI=1S/C14H12O3/c1-10(15)17-9-14(16)13-8-4-6-11-5-2-3-7-12(11)13/h2-8H,9H2,1H3. The molecule has 0 spiro atoms. The van der Waals surface area contributed by atoms with Crippen molar-refractivity contribution in [1.82, 2.24) is 0 Å². The molecule has 0 unspecified atom stereocenters. The van der Waals surface area contributed by atoms with Gasteiger partial charge in [0.25, 0.3) is 0 Å². The highest BCUT2D eigenvalue weighted by atomic mass is 16.5. The van der Waals surface area contributed by atoms with E-state index in [1.165, 1.54) is 6.92 Å². The van der Waals surface area contributed by atoms with Crippen LogP contribution in [-0.2, 0) is 9.53 Å². The Morgan fingerprint density at radius 2 is 1.76 bits per heavy atom. The van der Waals surface area contributed by atoms with E-state index in [0.717, 1.165) is 10.8 Å². The van der Waals surface area contributed by atoms with E-state index in [-0.39, 0.29) is 12.4 Å². The molecule has 17 heavy (non-hydrogen) atoms. The van der Waals surface area contributed by atoms with Crippen LogP contribution < -0.4 is 0 Å². The molecule has 3 nitrogen and oxygen atoms in total. The van der Waals surface area contributed by atoms with E-state index >= 15 is 0 Å². The number of hydrogen-bond donors (Lipinski definition) is 0. The van der Waals surface area contributed by atoms with Gasteiger partial charge in [-0.3, -0.25) is 9.59 Å². The highest BCUT2D eigenvalue weighted by Gasteiger charge is 2.10. The van der Waals surface area contributed by atoms with E-state index in [0.29, 0.717) is 5.56 Å². The number of carbonyl (C=O) groups excluding carboxylic acids is 2. The Kier molecular flexibility index (Phi) is 3.19. The second-order valence-electron chi connectivity index (χ2n) is 3.73. The van der Waals surface area contributed by atoms with Crippen LogP contribution in [0.1, 0.15) is 17.3 Å². The third kappa shape index (κ3) is 2.50. The summed E-state index contributed by atoms with van der Waals surface area (Å²) >= 11 is 0. The quantitative estimate of drug-likeness (QED) is 0.599. The third-order valence-corrected chi connectivity index (χ3v) is 2.50. The molecular weight excluding hydrogens is 216 g/mol. The number of hydrogen-bond acceptors (Lipinski definition) is 3. The lowest BCUT2D eigenvalue weighted by atomic mass is 10.0. The maximum atomic E-state index is 11.9. The largest absolute Gasteiger partial charge is 0.457 e. The molecule has 0 amide bonds. The van der Waals surface area contributed by atoms with E-state index in [1.807, 2.05) is 36.4 Å². The van der Waals surface area contributed by atoms with Gasteiger partial charge in [-0.05, 0) is 10.8 Å². The van der Waals surface area contributed by atoms with Crippen molar-refractivity contribution >= 4 is 22.5 Å². The molecule has 0 fully saturated rings. The number of benzene rings is 2. The molecule has 0 aliphatic rings. The average molecular weight is 228 g/mol. The third-order valence-electron chi connectivity index (χ3n) is 2.50. The van der Waals surface area contributed by atoms with Crippen molar-refractivity contribution in [1.29, 1.82) is 0 Å². The first-order chi connectivity index (χ1) is 8.18. The van der Waals surface area contributed by atoms with Gasteiger partial charge in [-0.1, -0.05) is 42.5 Å². The highest BCUT2D eigenvalue weighted by molar-refractivity contribution is 6.09. The average Bonchev–Trinajstić information content (AvgIpc) is 2.35. The van der Waals surface area contributed by atoms with Crippen molar-refractivity contribution in [2.24, 2.45) is 0 Å². The molecule has 2 aromatic rings. The van der Waals surface area contributed by atoms with Crippen LogP contribution in [0.3, 0.4) is 0 Å². The Morgan fingerprint density at radius 3 is 2.53 bits per heavy atom. The molecule has 0 atom stereocenters. The molecule has 0 saturated carbocycles. The summed E-state index contributed by atoms with van der Waals surface area (Å²) in [7, 11) is 0. The van der Waals surface area contributed by atoms with E-state index in [2.05, 4.69) is 0 Å². The summed E-state index contributed by atoms with van der Waals surface area (Å²) in [4.78, 5) is 22.6. The Balaban J connectivity index is 2.35. The van der Waals surface area contributed by atoms with Gasteiger partial charge in [-0.25, -0.2) is 0 Å². The number of esters is 1. The van der Waals surface area contributed by atoms with Gasteiger partial charge in [-0.2, -0.15) is 0 Å². The van der Waals surface area contributed by atoms with Crippen molar-refractivity contribution in [3.63, 3.8) is 0 Å². The van der Waals surface area contributed by atoms with Crippen LogP contribution in [0, 0.1) is 0 Å². The molecule has 0 N–H and O–H groups in total. The van der Waals surface area contributed by atoms with Gasteiger partial charge in [0.15, 0.2) is 6.61 Å². The summed E-state index contributed by atoms with van der Waals surface area (Å²) in [5.74, 6) is -0.629. The Morgan fingerprint density at radius 1 is 1.06 bits per heavy atom. The summed E-state index contributed by atoms with van der Waals surface area (Å²) in [5.41, 5.74) is 0.587. The van der Waals surface area contributed by atoms with Crippen LogP contribution in [0.2, 0.25) is 0 Å². The van der Waals surface area contributed by atoms with Crippen molar-refractivity contribution in [2.45, 2.75) is 6.92 Å². The maximum Gasteiger partial charge on any atom is 0.303 e. The van der Waals surface area contributed by atoms with Gasteiger partial charge in [0.1, 0.15) is 0 Å². The van der Waals surface area contributed by atoms with Crippen LogP contribution in [0.4, 0.5) is 0 Å². The molecule has 0 radical (unpaired) electrons. The molecule has 0 bridgehead atoms. The van der Waals surface area contributed by atoms with Gasteiger partial charge in [0.05, 0.1) is 0 Å². The van der Waals surface area contributed by atoms with Crippen molar-refractivity contribution in [2.75, 3.05) is 6.61 Å². The van der Waals surface area contributed by atoms with E-state index in [9.17, 15) is 9.59 Å². The molecule has 0 saturated heterocycles. The fourth-order valence-electron chi connectivity index (χ4n) is 1.71. The first-order valence-electron chi connectivity index (χ1n) is 5.33. The fraction of sp³-hybridized carbons (Fsp3) is 0.143. The van der Waals surface area contributed by atoms with Gasteiger partial charge < -0.3 is 4.74 Å². The predicted molar refractivity (Wildman–Crippen MR) is 64.9 cm³/mol. The van der Waals surface area contributed by atoms with Gasteiger partial charge in [0.2, 0.25) is 5.78 Å². The SMILES string of the molecule is CC(=O)OCC(=O)c1cccc2ccccc12. The molecule has 86 valence electrons. The zero-order valence-electron chi connectivity index (χ0n) is 9.47. The van der Waals surface area contributed by atoms with Crippen molar-refractivity contribution < 1.29 is 14.3 Å². The maximum absolute atomic E-state index is 11.9. The number of Topliss-reactive ketones (excluding diaryl/α,β-unsaturated/α-hetero) is 1. The zero-order chi connectivity index (χ0) is 12.3. The molecule has 2 rings (SSSR count). The second kappa shape index (κ2) is 4.78. The van der Waals surface area contributed by atoms with Crippen LogP contribution in [0.25, 0.3) is 10.8 Å². The summed E-state index contributed by atoms with van der Waals surface area (Å²) in [5, 5.41) is 1.88. The fourth-order valence-corrected chi connectivity index (χ4v) is 1.71. The minimum atomic E-state index is -0.446. The molecule has 0 aromatic heterocycles. The van der Waals surface area contributed by atoms with Crippen molar-refractivity contribution in [3.8, 4) is 0 Å². The van der Waals surface area contributed by atoms with E-state index in [4.69, 9.17) is 4.74 Å². The number of fused-ring (bicyclic) bond motifs is 1. The normalized spacial score (nSPS) is 10.2. The number of rotatable bonds is 3. The molecule has 3 heteroatoms. The van der Waals surface area contributed by atoms with Crippen LogP contribution in [-0.4, -0.2) is 18.4 Å². The predicted octanol–water partition coefficient (Wildman–Crippen LogP) is 2.59. The Bertz CT molecular complexity index is 567. The highest BCUT2D eigenvalue weighted by Crippen LogP contribution is 2.18. The monoisotopic (exact) mass is 228 g/mol. The lowest BCUT2D eigenvalue weighted by Gasteiger charge is -2.05. The summed E-state index contributed by atoms with van der Waals surface area (Å²) in [6, 6.07) is 13.1. The second-order valence-corrected chi connectivity index (χ2v) is 3.73. The topological polar surface area (TPSA) is 43.4 Å². The smallest absolute Gasteiger partial charge is 0.303 e. The molecule has 2 aromatic carbocycles. The van der Waals surface area contributed by atoms with Crippen LogP contribution in [0.15, 0.2) is 42.5 Å². The van der Waals surface area contributed by atoms with Gasteiger partial charge in [0, 0.05) is 12.5 Å². The summed E-state index contributed by atoms with van der Waals surface area (Å²) < 4.78 is 4.72. The number of ketones is 1. The first-order valence-corrected chi connectivity index (χ1v) is 5.33. The van der Waals surface area contributed by atoms with Crippen LogP contribution >= 0.6 is 0 Å². The lowest BCUT2D eigenvalue weighted by Crippen LogP contribution is -2.12. The van der Waals surface area contributed by atoms with Gasteiger partial charge in [-0.15, -0.1) is 0 Å². The Labute approximate surface area is 99.0 Å². The van der Waals surface area contributed by atoms with E-state index < -0.39 is 5.97 Å². The first kappa shape index (κ1) is 11.3. The zero-order valence-corrected chi connectivity index (χ0v) is 9.47. The Hall–Kier alpha value is -2.16. The van der Waals surface area contributed by atoms with E-state index in [1.54, 1.807) is 6.07 Å². The molecule has 0 heterocycles. The molecule has 0 aliphatic heterocycles. The van der Waals surface area contributed by atoms with Crippen molar-refractivity contribution in [3.05, 3.63) is 48.0 Å². The lowest BCUT2D eigenvalue weighted by molar-refractivity contribution is -0.139. The summed E-state index contributed by atoms with van der Waals surface area (Å²) in [6.45, 7) is 1.08. The minimum Gasteiger partial charge on any atom is -0.457 e. The van der Waals surface area contributed by atoms with Crippen LogP contribution in [0.5, 0.6) is 0 Å². The summed E-state index contributed by atoms with van der Waals surface area (Å²) in [6.07, 6.45) is 0. The minimum absolute atomic E-state index is 0.183. The molecule has 0 aliphatic carbocycles.